The highest BCUT2D eigenvalue weighted by Gasteiger charge is 2.23. The van der Waals surface area contributed by atoms with E-state index in [9.17, 15) is 9.59 Å². The van der Waals surface area contributed by atoms with E-state index in [4.69, 9.17) is 4.52 Å². The summed E-state index contributed by atoms with van der Waals surface area (Å²) >= 11 is 0. The lowest BCUT2D eigenvalue weighted by Gasteiger charge is -2.34. The Kier molecular flexibility index (Phi) is 6.01. The van der Waals surface area contributed by atoms with Crippen LogP contribution in [0.4, 0.5) is 0 Å². The first-order valence-electron chi connectivity index (χ1n) is 9.19. The molecular weight excluding hydrogens is 322 g/mol. The van der Waals surface area contributed by atoms with Gasteiger partial charge in [0.1, 0.15) is 0 Å². The molecule has 3 rings (SSSR count). The second kappa shape index (κ2) is 8.42. The number of hydrogen-bond acceptors (Lipinski definition) is 6. The van der Waals surface area contributed by atoms with Gasteiger partial charge >= 0.3 is 0 Å². The first-order valence-corrected chi connectivity index (χ1v) is 9.19. The van der Waals surface area contributed by atoms with Gasteiger partial charge < -0.3 is 14.3 Å². The van der Waals surface area contributed by atoms with Crippen LogP contribution in [-0.2, 0) is 16.1 Å². The molecule has 0 radical (unpaired) electrons. The van der Waals surface area contributed by atoms with Crippen molar-refractivity contribution in [3.63, 3.8) is 0 Å². The molecule has 8 heteroatoms. The lowest BCUT2D eigenvalue weighted by atomic mass is 10.2. The minimum atomic E-state index is 0.145. The molecule has 2 aliphatic heterocycles. The normalized spacial score (nSPS) is 20.0. The third kappa shape index (κ3) is 5.01. The number of nitrogens with zero attached hydrogens (tertiary/aromatic N) is 5. The van der Waals surface area contributed by atoms with Gasteiger partial charge in [0.05, 0.1) is 6.54 Å². The van der Waals surface area contributed by atoms with Crippen LogP contribution in [0.5, 0.6) is 0 Å². The van der Waals surface area contributed by atoms with Crippen molar-refractivity contribution in [1.29, 1.82) is 0 Å². The van der Waals surface area contributed by atoms with E-state index in [2.05, 4.69) is 15.0 Å². The summed E-state index contributed by atoms with van der Waals surface area (Å²) in [5.41, 5.74) is 0. The van der Waals surface area contributed by atoms with Gasteiger partial charge in [-0.2, -0.15) is 4.98 Å². The van der Waals surface area contributed by atoms with Gasteiger partial charge in [-0.15, -0.1) is 0 Å². The van der Waals surface area contributed by atoms with E-state index in [0.29, 0.717) is 50.7 Å². The summed E-state index contributed by atoms with van der Waals surface area (Å²) in [7, 11) is 0. The van der Waals surface area contributed by atoms with Crippen LogP contribution in [0.1, 0.15) is 43.8 Å². The Labute approximate surface area is 148 Å². The zero-order valence-corrected chi connectivity index (χ0v) is 14.9. The number of aryl methyl sites for hydroxylation is 1. The van der Waals surface area contributed by atoms with Crippen LogP contribution >= 0.6 is 0 Å². The summed E-state index contributed by atoms with van der Waals surface area (Å²) in [6.45, 7) is 6.82. The molecule has 0 aliphatic carbocycles. The fourth-order valence-corrected chi connectivity index (χ4v) is 3.42. The monoisotopic (exact) mass is 349 g/mol. The molecule has 138 valence electrons. The van der Waals surface area contributed by atoms with Crippen molar-refractivity contribution < 1.29 is 14.1 Å². The molecule has 0 saturated carbocycles. The molecule has 0 atom stereocenters. The lowest BCUT2D eigenvalue weighted by molar-refractivity contribution is -0.135. The molecule has 0 N–H and O–H groups in total. The molecule has 8 nitrogen and oxygen atoms in total. The highest BCUT2D eigenvalue weighted by atomic mass is 16.5. The highest BCUT2D eigenvalue weighted by molar-refractivity contribution is 5.79. The summed E-state index contributed by atoms with van der Waals surface area (Å²) < 4.78 is 4.99. The third-order valence-corrected chi connectivity index (χ3v) is 4.93. The van der Waals surface area contributed by atoms with Crippen LogP contribution in [-0.4, -0.2) is 75.9 Å². The van der Waals surface area contributed by atoms with Crippen molar-refractivity contribution in [1.82, 2.24) is 24.8 Å². The summed E-state index contributed by atoms with van der Waals surface area (Å²) in [4.78, 5) is 34.6. The summed E-state index contributed by atoms with van der Waals surface area (Å²) in [6.07, 6.45) is 4.19. The first kappa shape index (κ1) is 17.8. The van der Waals surface area contributed by atoms with Crippen molar-refractivity contribution in [2.45, 2.75) is 45.6 Å². The van der Waals surface area contributed by atoms with Crippen LogP contribution in [0.15, 0.2) is 4.52 Å². The van der Waals surface area contributed by atoms with Gasteiger partial charge in [-0.1, -0.05) is 11.6 Å². The Morgan fingerprint density at radius 1 is 1.12 bits per heavy atom. The van der Waals surface area contributed by atoms with Gasteiger partial charge in [-0.25, -0.2) is 0 Å². The summed E-state index contributed by atoms with van der Waals surface area (Å²) in [5, 5.41) is 3.91. The lowest BCUT2D eigenvalue weighted by Crippen LogP contribution is -2.49. The summed E-state index contributed by atoms with van der Waals surface area (Å²) in [6, 6.07) is 0. The number of amides is 2. The summed E-state index contributed by atoms with van der Waals surface area (Å²) in [5.74, 6) is 1.61. The minimum absolute atomic E-state index is 0.145. The average Bonchev–Trinajstić information content (AvgIpc) is 2.90. The quantitative estimate of drug-likeness (QED) is 0.782. The molecule has 0 unspecified atom stereocenters. The molecule has 3 heterocycles. The molecule has 2 fully saturated rings. The molecular formula is C17H27N5O3. The van der Waals surface area contributed by atoms with Gasteiger partial charge in [-0.3, -0.25) is 14.5 Å². The van der Waals surface area contributed by atoms with Crippen LogP contribution in [0.25, 0.3) is 0 Å². The van der Waals surface area contributed by atoms with Gasteiger partial charge in [0, 0.05) is 59.0 Å². The maximum absolute atomic E-state index is 12.4. The molecule has 0 bridgehead atoms. The fraction of sp³-hybridized carbons (Fsp3) is 0.765. The predicted octanol–water partition coefficient (Wildman–Crippen LogP) is 0.815. The molecule has 0 aromatic carbocycles. The Balaban J connectivity index is 1.39. The number of rotatable bonds is 5. The average molecular weight is 349 g/mol. The Hall–Kier alpha value is -1.96. The van der Waals surface area contributed by atoms with Gasteiger partial charge in [0.25, 0.3) is 0 Å². The maximum atomic E-state index is 12.4. The van der Waals surface area contributed by atoms with Crippen LogP contribution in [0.2, 0.25) is 0 Å². The van der Waals surface area contributed by atoms with E-state index in [-0.39, 0.29) is 11.8 Å². The number of carbonyl (C=O) groups is 2. The molecule has 25 heavy (non-hydrogen) atoms. The van der Waals surface area contributed by atoms with Crippen molar-refractivity contribution in [3.05, 3.63) is 11.7 Å². The first-order chi connectivity index (χ1) is 12.1. The standard InChI is InChI=1S/C17H27N5O3/c1-14-18-15(19-25-14)13-20-9-11-22(12-10-20)17(24)6-8-21-7-4-2-3-5-16(21)23/h2-13H2,1H3. The van der Waals surface area contributed by atoms with E-state index >= 15 is 0 Å². The second-order valence-corrected chi connectivity index (χ2v) is 6.83. The van der Waals surface area contributed by atoms with Crippen LogP contribution in [0, 0.1) is 6.92 Å². The predicted molar refractivity (Wildman–Crippen MR) is 90.6 cm³/mol. The molecule has 1 aromatic rings. The van der Waals surface area contributed by atoms with Crippen molar-refractivity contribution in [2.24, 2.45) is 0 Å². The van der Waals surface area contributed by atoms with E-state index in [1.165, 1.54) is 0 Å². The van der Waals surface area contributed by atoms with Crippen LogP contribution in [0.3, 0.4) is 0 Å². The van der Waals surface area contributed by atoms with E-state index < -0.39 is 0 Å². The molecule has 2 saturated heterocycles. The fourth-order valence-electron chi connectivity index (χ4n) is 3.42. The molecule has 2 aliphatic rings. The van der Waals surface area contributed by atoms with Crippen molar-refractivity contribution >= 4 is 11.8 Å². The Morgan fingerprint density at radius 2 is 1.92 bits per heavy atom. The largest absolute Gasteiger partial charge is 0.342 e. The smallest absolute Gasteiger partial charge is 0.224 e. The van der Waals surface area contributed by atoms with Gasteiger partial charge in [-0.05, 0) is 12.8 Å². The third-order valence-electron chi connectivity index (χ3n) is 4.93. The zero-order valence-electron chi connectivity index (χ0n) is 14.9. The number of hydrogen-bond donors (Lipinski definition) is 0. The Morgan fingerprint density at radius 3 is 2.64 bits per heavy atom. The number of likely N-dealkylation sites (tertiary alicyclic amines) is 1. The van der Waals surface area contributed by atoms with Gasteiger partial charge in [0.2, 0.25) is 17.7 Å². The highest BCUT2D eigenvalue weighted by Crippen LogP contribution is 2.13. The zero-order chi connectivity index (χ0) is 17.6. The van der Waals surface area contributed by atoms with Crippen molar-refractivity contribution in [2.75, 3.05) is 39.3 Å². The van der Waals surface area contributed by atoms with Crippen LogP contribution < -0.4 is 0 Å². The number of carbonyl (C=O) groups excluding carboxylic acids is 2. The SMILES string of the molecule is Cc1nc(CN2CCN(C(=O)CCN3CCCCCC3=O)CC2)no1. The number of aromatic nitrogens is 2. The topological polar surface area (TPSA) is 82.8 Å². The number of piperazine rings is 1. The van der Waals surface area contributed by atoms with E-state index in [0.717, 1.165) is 38.9 Å². The van der Waals surface area contributed by atoms with Crippen molar-refractivity contribution in [3.8, 4) is 0 Å². The molecule has 1 aromatic heterocycles. The Bertz CT molecular complexity index is 595. The minimum Gasteiger partial charge on any atom is -0.342 e. The molecule has 2 amide bonds. The van der Waals surface area contributed by atoms with E-state index in [1.54, 1.807) is 6.92 Å². The maximum Gasteiger partial charge on any atom is 0.224 e. The van der Waals surface area contributed by atoms with E-state index in [1.807, 2.05) is 9.80 Å². The molecule has 0 spiro atoms. The van der Waals surface area contributed by atoms with Gasteiger partial charge in [0.15, 0.2) is 5.82 Å². The second-order valence-electron chi connectivity index (χ2n) is 6.83.